The highest BCUT2D eigenvalue weighted by atomic mass is 32.1. The van der Waals surface area contributed by atoms with Crippen LogP contribution in [0, 0.1) is 18.8 Å². The summed E-state index contributed by atoms with van der Waals surface area (Å²) in [5, 5.41) is 3.87. The van der Waals surface area contributed by atoms with E-state index in [0.717, 1.165) is 9.88 Å². The molecule has 0 bridgehead atoms. The fraction of sp³-hybridized carbons (Fsp3) is 0.200. The highest BCUT2D eigenvalue weighted by Crippen LogP contribution is 2.12. The second kappa shape index (κ2) is 6.85. The molecule has 0 aliphatic heterocycles. The number of carbonyl (C=O) groups is 1. The number of nitrogens with two attached hydrogens (primary N) is 1. The summed E-state index contributed by atoms with van der Waals surface area (Å²) in [4.78, 5) is 17.4. The number of amides is 1. The van der Waals surface area contributed by atoms with Gasteiger partial charge in [0.05, 0.1) is 23.7 Å². The minimum atomic E-state index is -0.141. The van der Waals surface area contributed by atoms with E-state index in [9.17, 15) is 4.79 Å². The van der Waals surface area contributed by atoms with E-state index < -0.39 is 0 Å². The first-order chi connectivity index (χ1) is 9.70. The molecule has 4 nitrogen and oxygen atoms in total. The third-order valence-corrected chi connectivity index (χ3v) is 3.50. The lowest BCUT2D eigenvalue weighted by molar-refractivity contribution is 0.0951. The number of aryl methyl sites for hydroxylation is 1. The standard InChI is InChI=1S/C15H15N3OS/c1-11-17-9-13(20-11)10-18-15(19)14-7-3-2-5-12(14)6-4-8-16/h2-3,5,7,9H,8,10,16H2,1H3,(H,18,19). The van der Waals surface area contributed by atoms with E-state index in [0.29, 0.717) is 17.7 Å². The Morgan fingerprint density at radius 2 is 2.25 bits per heavy atom. The van der Waals surface area contributed by atoms with E-state index in [1.807, 2.05) is 25.1 Å². The van der Waals surface area contributed by atoms with E-state index in [-0.39, 0.29) is 12.5 Å². The summed E-state index contributed by atoms with van der Waals surface area (Å²) in [6.07, 6.45) is 1.78. The summed E-state index contributed by atoms with van der Waals surface area (Å²) >= 11 is 1.57. The van der Waals surface area contributed by atoms with Crippen molar-refractivity contribution in [2.24, 2.45) is 5.73 Å². The van der Waals surface area contributed by atoms with Crippen LogP contribution in [0.2, 0.25) is 0 Å². The Kier molecular flexibility index (Phi) is 4.88. The minimum absolute atomic E-state index is 0.141. The summed E-state index contributed by atoms with van der Waals surface area (Å²) in [6, 6.07) is 7.24. The van der Waals surface area contributed by atoms with Crippen LogP contribution in [0.4, 0.5) is 0 Å². The van der Waals surface area contributed by atoms with Crippen LogP contribution < -0.4 is 11.1 Å². The van der Waals surface area contributed by atoms with Crippen LogP contribution in [0.15, 0.2) is 30.5 Å². The highest BCUT2D eigenvalue weighted by molar-refractivity contribution is 7.11. The number of hydrogen-bond acceptors (Lipinski definition) is 4. The Morgan fingerprint density at radius 1 is 1.45 bits per heavy atom. The number of thiazole rings is 1. The number of carbonyl (C=O) groups excluding carboxylic acids is 1. The van der Waals surface area contributed by atoms with Crippen LogP contribution in [0.1, 0.15) is 25.8 Å². The number of nitrogens with one attached hydrogen (secondary N) is 1. The molecule has 1 heterocycles. The van der Waals surface area contributed by atoms with E-state index in [2.05, 4.69) is 22.1 Å². The third-order valence-electron chi connectivity index (χ3n) is 2.59. The van der Waals surface area contributed by atoms with Crippen LogP contribution in [0.25, 0.3) is 0 Å². The van der Waals surface area contributed by atoms with Gasteiger partial charge in [0.2, 0.25) is 0 Å². The lowest BCUT2D eigenvalue weighted by Crippen LogP contribution is -2.23. The van der Waals surface area contributed by atoms with Crippen molar-refractivity contribution >= 4 is 17.2 Å². The molecule has 0 radical (unpaired) electrons. The highest BCUT2D eigenvalue weighted by Gasteiger charge is 2.09. The largest absolute Gasteiger partial charge is 0.347 e. The maximum absolute atomic E-state index is 12.2. The van der Waals surface area contributed by atoms with Crippen molar-refractivity contribution in [3.8, 4) is 11.8 Å². The normalized spacial score (nSPS) is 9.70. The van der Waals surface area contributed by atoms with E-state index in [1.165, 1.54) is 0 Å². The van der Waals surface area contributed by atoms with Crippen molar-refractivity contribution in [3.63, 3.8) is 0 Å². The maximum Gasteiger partial charge on any atom is 0.252 e. The molecule has 0 spiro atoms. The molecular formula is C15H15N3OS. The summed E-state index contributed by atoms with van der Waals surface area (Å²) in [5.41, 5.74) is 6.62. The zero-order chi connectivity index (χ0) is 14.4. The average molecular weight is 285 g/mol. The molecule has 0 aliphatic rings. The lowest BCUT2D eigenvalue weighted by Gasteiger charge is -2.05. The molecule has 0 saturated heterocycles. The molecule has 20 heavy (non-hydrogen) atoms. The Labute approximate surface area is 122 Å². The molecule has 0 atom stereocenters. The minimum Gasteiger partial charge on any atom is -0.347 e. The van der Waals surface area contributed by atoms with Crippen LogP contribution in [-0.4, -0.2) is 17.4 Å². The van der Waals surface area contributed by atoms with Gasteiger partial charge in [0.1, 0.15) is 0 Å². The van der Waals surface area contributed by atoms with Gasteiger partial charge in [0.15, 0.2) is 0 Å². The number of aromatic nitrogens is 1. The predicted octanol–water partition coefficient (Wildman–Crippen LogP) is 1.69. The molecule has 1 aromatic carbocycles. The van der Waals surface area contributed by atoms with Crippen molar-refractivity contribution in [2.45, 2.75) is 13.5 Å². The zero-order valence-corrected chi connectivity index (χ0v) is 12.0. The molecule has 0 saturated carbocycles. The van der Waals surface area contributed by atoms with Gasteiger partial charge in [-0.2, -0.15) is 0 Å². The predicted molar refractivity (Wildman–Crippen MR) is 80.4 cm³/mol. The molecule has 1 aromatic heterocycles. The quantitative estimate of drug-likeness (QED) is 0.843. The first kappa shape index (κ1) is 14.3. The molecule has 2 rings (SSSR count). The zero-order valence-electron chi connectivity index (χ0n) is 11.1. The van der Waals surface area contributed by atoms with E-state index in [1.54, 1.807) is 23.6 Å². The monoisotopic (exact) mass is 285 g/mol. The average Bonchev–Trinajstić information content (AvgIpc) is 2.88. The molecule has 0 fully saturated rings. The van der Waals surface area contributed by atoms with Crippen LogP contribution in [0.5, 0.6) is 0 Å². The van der Waals surface area contributed by atoms with Crippen LogP contribution >= 0.6 is 11.3 Å². The molecular weight excluding hydrogens is 270 g/mol. The Bertz CT molecular complexity index is 667. The molecule has 0 unspecified atom stereocenters. The first-order valence-electron chi connectivity index (χ1n) is 6.18. The summed E-state index contributed by atoms with van der Waals surface area (Å²) in [7, 11) is 0. The van der Waals surface area contributed by atoms with Gasteiger partial charge in [-0.1, -0.05) is 24.0 Å². The number of hydrogen-bond donors (Lipinski definition) is 2. The van der Waals surface area contributed by atoms with Crippen LogP contribution in [0.3, 0.4) is 0 Å². The van der Waals surface area contributed by atoms with Gasteiger partial charge in [-0.05, 0) is 19.1 Å². The van der Waals surface area contributed by atoms with Crippen molar-refractivity contribution < 1.29 is 4.79 Å². The number of rotatable bonds is 3. The second-order valence-corrected chi connectivity index (χ2v) is 5.40. The Hall–Kier alpha value is -2.16. The Balaban J connectivity index is 2.09. The van der Waals surface area contributed by atoms with Crippen molar-refractivity contribution in [3.05, 3.63) is 51.5 Å². The summed E-state index contributed by atoms with van der Waals surface area (Å²) in [6.45, 7) is 2.69. The number of nitrogens with zero attached hydrogens (tertiary/aromatic N) is 1. The van der Waals surface area contributed by atoms with Gasteiger partial charge in [-0.15, -0.1) is 11.3 Å². The fourth-order valence-corrected chi connectivity index (χ4v) is 2.42. The number of benzene rings is 1. The molecule has 102 valence electrons. The maximum atomic E-state index is 12.2. The molecule has 5 heteroatoms. The third kappa shape index (κ3) is 3.67. The van der Waals surface area contributed by atoms with Gasteiger partial charge < -0.3 is 11.1 Å². The fourth-order valence-electron chi connectivity index (χ4n) is 1.69. The lowest BCUT2D eigenvalue weighted by atomic mass is 10.1. The van der Waals surface area contributed by atoms with Gasteiger partial charge in [-0.3, -0.25) is 4.79 Å². The first-order valence-corrected chi connectivity index (χ1v) is 7.00. The topological polar surface area (TPSA) is 68.0 Å². The van der Waals surface area contributed by atoms with E-state index in [4.69, 9.17) is 5.73 Å². The molecule has 0 aliphatic carbocycles. The van der Waals surface area contributed by atoms with Crippen molar-refractivity contribution in [1.82, 2.24) is 10.3 Å². The summed E-state index contributed by atoms with van der Waals surface area (Å²) < 4.78 is 0. The van der Waals surface area contributed by atoms with Crippen LogP contribution in [-0.2, 0) is 6.54 Å². The SMILES string of the molecule is Cc1ncc(CNC(=O)c2ccccc2C#CCN)s1. The summed E-state index contributed by atoms with van der Waals surface area (Å²) in [5.74, 6) is 5.54. The second-order valence-electron chi connectivity index (χ2n) is 4.08. The van der Waals surface area contributed by atoms with Crippen molar-refractivity contribution in [2.75, 3.05) is 6.54 Å². The van der Waals surface area contributed by atoms with Crippen molar-refractivity contribution in [1.29, 1.82) is 0 Å². The van der Waals surface area contributed by atoms with Gasteiger partial charge >= 0.3 is 0 Å². The van der Waals surface area contributed by atoms with Gasteiger partial charge in [0.25, 0.3) is 5.91 Å². The van der Waals surface area contributed by atoms with E-state index >= 15 is 0 Å². The molecule has 1 amide bonds. The van der Waals surface area contributed by atoms with Gasteiger partial charge in [-0.25, -0.2) is 4.98 Å². The molecule has 3 N–H and O–H groups in total. The Morgan fingerprint density at radius 3 is 2.95 bits per heavy atom. The van der Waals surface area contributed by atoms with Gasteiger partial charge in [0, 0.05) is 16.6 Å². The smallest absolute Gasteiger partial charge is 0.252 e. The molecule has 2 aromatic rings.